The lowest BCUT2D eigenvalue weighted by Gasteiger charge is -2.32. The quantitative estimate of drug-likeness (QED) is 0.639. The van der Waals surface area contributed by atoms with Crippen LogP contribution in [0.15, 0.2) is 47.3 Å². The first-order valence-electron chi connectivity index (χ1n) is 10.5. The van der Waals surface area contributed by atoms with Gasteiger partial charge in [-0.15, -0.1) is 0 Å². The largest absolute Gasteiger partial charge is 0.326 e. The van der Waals surface area contributed by atoms with E-state index < -0.39 is 0 Å². The van der Waals surface area contributed by atoms with Crippen LogP contribution < -0.4 is 5.69 Å². The van der Waals surface area contributed by atoms with Crippen molar-refractivity contribution in [3.8, 4) is 0 Å². The minimum atomic E-state index is -0.0104. The number of para-hydroxylation sites is 2. The molecule has 5 heteroatoms. The lowest BCUT2D eigenvalue weighted by atomic mass is 9.99. The van der Waals surface area contributed by atoms with Crippen molar-refractivity contribution in [1.82, 2.24) is 14.5 Å². The Morgan fingerprint density at radius 1 is 1.10 bits per heavy atom. The summed E-state index contributed by atoms with van der Waals surface area (Å²) in [5.41, 5.74) is 5.01. The molecule has 0 amide bonds. The minimum absolute atomic E-state index is 0.0104. The predicted octanol–water partition coefficient (Wildman–Crippen LogP) is 4.25. The van der Waals surface area contributed by atoms with Crippen LogP contribution in [-0.4, -0.2) is 39.9 Å². The van der Waals surface area contributed by atoms with Crippen molar-refractivity contribution in [2.24, 2.45) is 0 Å². The molecule has 1 N–H and O–H groups in total. The summed E-state index contributed by atoms with van der Waals surface area (Å²) >= 11 is 0. The SMILES string of the molecule is Cc1ccc(C(=O)CCCN2CCC(n3c(=O)[nH]c4ccccc43)CC2)c(C)c1. The highest BCUT2D eigenvalue weighted by molar-refractivity contribution is 5.97. The van der Waals surface area contributed by atoms with Gasteiger partial charge in [0.05, 0.1) is 11.0 Å². The van der Waals surface area contributed by atoms with E-state index in [0.717, 1.165) is 61.1 Å². The van der Waals surface area contributed by atoms with Gasteiger partial charge in [-0.25, -0.2) is 4.79 Å². The molecule has 0 bridgehead atoms. The summed E-state index contributed by atoms with van der Waals surface area (Å²) in [5, 5.41) is 0. The maximum Gasteiger partial charge on any atom is 0.326 e. The lowest BCUT2D eigenvalue weighted by Crippen LogP contribution is -2.37. The first-order chi connectivity index (χ1) is 14.0. The number of H-pyrrole nitrogens is 1. The summed E-state index contributed by atoms with van der Waals surface area (Å²) in [6, 6.07) is 14.2. The molecule has 3 aromatic rings. The summed E-state index contributed by atoms with van der Waals surface area (Å²) < 4.78 is 1.93. The van der Waals surface area contributed by atoms with Crippen LogP contribution in [0.3, 0.4) is 0 Å². The number of likely N-dealkylation sites (tertiary alicyclic amines) is 1. The topological polar surface area (TPSA) is 58.1 Å². The molecule has 0 spiro atoms. The van der Waals surface area contributed by atoms with Gasteiger partial charge in [0.15, 0.2) is 5.78 Å². The van der Waals surface area contributed by atoms with Crippen LogP contribution in [0.5, 0.6) is 0 Å². The van der Waals surface area contributed by atoms with E-state index in [1.165, 1.54) is 5.56 Å². The number of imidazole rings is 1. The van der Waals surface area contributed by atoms with Gasteiger partial charge in [0.2, 0.25) is 0 Å². The third-order valence-electron chi connectivity index (χ3n) is 6.11. The number of carbonyl (C=O) groups excluding carboxylic acids is 1. The second kappa shape index (κ2) is 8.37. The molecule has 2 aromatic carbocycles. The number of aryl methyl sites for hydroxylation is 2. The van der Waals surface area contributed by atoms with Gasteiger partial charge in [-0.1, -0.05) is 35.9 Å². The van der Waals surface area contributed by atoms with Crippen LogP contribution in [0.4, 0.5) is 0 Å². The molecule has 0 atom stereocenters. The summed E-state index contributed by atoms with van der Waals surface area (Å²) in [7, 11) is 0. The Morgan fingerprint density at radius 2 is 1.86 bits per heavy atom. The maximum absolute atomic E-state index is 12.5. The van der Waals surface area contributed by atoms with Crippen LogP contribution in [0.2, 0.25) is 0 Å². The Labute approximate surface area is 171 Å². The fraction of sp³-hybridized carbons (Fsp3) is 0.417. The van der Waals surface area contributed by atoms with Gasteiger partial charge in [0.25, 0.3) is 0 Å². The molecular weight excluding hydrogens is 362 g/mol. The molecule has 1 saturated heterocycles. The number of benzene rings is 2. The Balaban J connectivity index is 1.29. The number of nitrogens with zero attached hydrogens (tertiary/aromatic N) is 2. The zero-order valence-corrected chi connectivity index (χ0v) is 17.3. The molecule has 0 saturated carbocycles. The first kappa shape index (κ1) is 19.6. The van der Waals surface area contributed by atoms with Crippen molar-refractivity contribution >= 4 is 16.8 Å². The summed E-state index contributed by atoms with van der Waals surface area (Å²) in [4.78, 5) is 30.3. The molecule has 1 aromatic heterocycles. The summed E-state index contributed by atoms with van der Waals surface area (Å²) in [6.45, 7) is 6.93. The first-order valence-corrected chi connectivity index (χ1v) is 10.5. The van der Waals surface area contributed by atoms with Crippen LogP contribution in [0.25, 0.3) is 11.0 Å². The minimum Gasteiger partial charge on any atom is -0.306 e. The van der Waals surface area contributed by atoms with Crippen LogP contribution in [0, 0.1) is 13.8 Å². The van der Waals surface area contributed by atoms with E-state index in [4.69, 9.17) is 0 Å². The molecule has 29 heavy (non-hydrogen) atoms. The molecule has 4 rings (SSSR count). The lowest BCUT2D eigenvalue weighted by molar-refractivity contribution is 0.0970. The number of hydrogen-bond acceptors (Lipinski definition) is 3. The van der Waals surface area contributed by atoms with Crippen molar-refractivity contribution in [3.05, 3.63) is 69.6 Å². The molecule has 0 radical (unpaired) electrons. The van der Waals surface area contributed by atoms with Crippen molar-refractivity contribution < 1.29 is 4.79 Å². The molecule has 1 fully saturated rings. The normalized spacial score (nSPS) is 15.8. The number of ketones is 1. The average molecular weight is 392 g/mol. The number of carbonyl (C=O) groups is 1. The van der Waals surface area contributed by atoms with Gasteiger partial charge < -0.3 is 9.88 Å². The third-order valence-corrected chi connectivity index (χ3v) is 6.11. The number of aromatic amines is 1. The second-order valence-electron chi connectivity index (χ2n) is 8.24. The Bertz CT molecular complexity index is 1070. The van der Waals surface area contributed by atoms with Crippen molar-refractivity contribution in [1.29, 1.82) is 0 Å². The number of fused-ring (bicyclic) bond motifs is 1. The third kappa shape index (κ3) is 4.20. The van der Waals surface area contributed by atoms with Crippen molar-refractivity contribution in [2.75, 3.05) is 19.6 Å². The van der Waals surface area contributed by atoms with E-state index in [1.807, 2.05) is 47.9 Å². The highest BCUT2D eigenvalue weighted by Crippen LogP contribution is 2.25. The van der Waals surface area contributed by atoms with E-state index >= 15 is 0 Å². The Morgan fingerprint density at radius 3 is 2.62 bits per heavy atom. The van der Waals surface area contributed by atoms with E-state index in [9.17, 15) is 9.59 Å². The highest BCUT2D eigenvalue weighted by atomic mass is 16.1. The Kier molecular flexibility index (Phi) is 5.67. The molecule has 2 heterocycles. The molecular formula is C24H29N3O2. The number of aromatic nitrogens is 2. The van der Waals surface area contributed by atoms with Gasteiger partial charge >= 0.3 is 5.69 Å². The van der Waals surface area contributed by atoms with Crippen LogP contribution >= 0.6 is 0 Å². The molecule has 5 nitrogen and oxygen atoms in total. The van der Waals surface area contributed by atoms with Gasteiger partial charge in [-0.2, -0.15) is 0 Å². The highest BCUT2D eigenvalue weighted by Gasteiger charge is 2.23. The predicted molar refractivity (Wildman–Crippen MR) is 117 cm³/mol. The standard InChI is InChI=1S/C24H29N3O2/c1-17-9-10-20(18(2)16-17)23(28)8-5-13-26-14-11-19(12-15-26)27-22-7-4-3-6-21(22)25-24(27)29/h3-4,6-7,9-10,16,19H,5,8,11-15H2,1-2H3,(H,25,29). The van der Waals surface area contributed by atoms with Crippen molar-refractivity contribution in [2.45, 2.75) is 45.6 Å². The zero-order valence-electron chi connectivity index (χ0n) is 17.3. The Hall–Kier alpha value is -2.66. The number of Topliss-reactive ketones (excluding diaryl/α,β-unsaturated/α-hetero) is 1. The molecule has 152 valence electrons. The zero-order chi connectivity index (χ0) is 20.4. The number of rotatable bonds is 6. The fourth-order valence-corrected chi connectivity index (χ4v) is 4.56. The number of piperidine rings is 1. The van der Waals surface area contributed by atoms with Gasteiger partial charge in [-0.3, -0.25) is 9.36 Å². The molecule has 1 aliphatic heterocycles. The molecule has 1 aliphatic rings. The summed E-state index contributed by atoms with van der Waals surface area (Å²) in [6.07, 6.45) is 3.40. The van der Waals surface area contributed by atoms with Crippen molar-refractivity contribution in [3.63, 3.8) is 0 Å². The second-order valence-corrected chi connectivity index (χ2v) is 8.24. The fourth-order valence-electron chi connectivity index (χ4n) is 4.56. The van der Waals surface area contributed by atoms with E-state index in [1.54, 1.807) is 0 Å². The van der Waals surface area contributed by atoms with Gasteiger partial charge in [-0.05, 0) is 57.4 Å². The molecule has 0 aliphatic carbocycles. The number of nitrogens with one attached hydrogen (secondary N) is 1. The van der Waals surface area contributed by atoms with E-state index in [-0.39, 0.29) is 17.5 Å². The smallest absolute Gasteiger partial charge is 0.306 e. The molecule has 0 unspecified atom stereocenters. The van der Waals surface area contributed by atoms with Gasteiger partial charge in [0, 0.05) is 31.1 Å². The summed E-state index contributed by atoms with van der Waals surface area (Å²) in [5.74, 6) is 0.239. The van der Waals surface area contributed by atoms with E-state index in [0.29, 0.717) is 6.42 Å². The average Bonchev–Trinajstić information content (AvgIpc) is 3.04. The monoisotopic (exact) mass is 391 g/mol. The van der Waals surface area contributed by atoms with Crippen LogP contribution in [0.1, 0.15) is 53.2 Å². The van der Waals surface area contributed by atoms with Gasteiger partial charge in [0.1, 0.15) is 0 Å². The van der Waals surface area contributed by atoms with E-state index in [2.05, 4.69) is 22.9 Å². The number of hydrogen-bond donors (Lipinski definition) is 1. The van der Waals surface area contributed by atoms with Crippen LogP contribution in [-0.2, 0) is 0 Å². The maximum atomic E-state index is 12.5.